The summed E-state index contributed by atoms with van der Waals surface area (Å²) < 4.78 is 29.5. The van der Waals surface area contributed by atoms with Gasteiger partial charge in [-0.15, -0.1) is 0 Å². The summed E-state index contributed by atoms with van der Waals surface area (Å²) in [4.78, 5) is 9.82. The molecule has 0 saturated heterocycles. The van der Waals surface area contributed by atoms with E-state index in [0.29, 0.717) is 0 Å². The van der Waals surface area contributed by atoms with Crippen molar-refractivity contribution in [1.29, 1.82) is 0 Å². The van der Waals surface area contributed by atoms with Gasteiger partial charge in [-0.1, -0.05) is 12.2 Å². The topological polar surface area (TPSA) is 104 Å². The fourth-order valence-corrected chi connectivity index (χ4v) is 1.23. The van der Waals surface area contributed by atoms with Gasteiger partial charge in [0.25, 0.3) is 10.1 Å². The Hall–Kier alpha value is -0.730. The fourth-order valence-electron chi connectivity index (χ4n) is 0.442. The monoisotopic (exact) mass is 227 g/mol. The van der Waals surface area contributed by atoms with Gasteiger partial charge in [0.2, 0.25) is 0 Å². The lowest BCUT2D eigenvalue weighted by Crippen LogP contribution is -2.38. The maximum Gasteiger partial charge on any atom is 0.322 e. The van der Waals surface area contributed by atoms with Crippen LogP contribution >= 0.6 is 12.2 Å². The molecule has 0 saturated carbocycles. The quantitative estimate of drug-likeness (QED) is 0.429. The van der Waals surface area contributed by atoms with Gasteiger partial charge in [-0.2, -0.15) is 8.42 Å². The highest BCUT2D eigenvalue weighted by atomic mass is 32.2. The van der Waals surface area contributed by atoms with Crippen molar-refractivity contribution in [3.63, 3.8) is 0 Å². The Morgan fingerprint density at radius 1 is 1.62 bits per heavy atom. The average Bonchev–Trinajstić information content (AvgIpc) is 1.96. The van der Waals surface area contributed by atoms with Crippen LogP contribution in [0, 0.1) is 0 Å². The number of nitrogens with one attached hydrogen (secondary N) is 1. The second-order valence-electron chi connectivity index (χ2n) is 2.27. The molecule has 6 nitrogen and oxygen atoms in total. The Morgan fingerprint density at radius 2 is 2.08 bits per heavy atom. The zero-order chi connectivity index (χ0) is 10.6. The average molecular weight is 227 g/mol. The van der Waals surface area contributed by atoms with Crippen molar-refractivity contribution in [2.24, 2.45) is 0 Å². The van der Waals surface area contributed by atoms with Gasteiger partial charge in [-0.25, -0.2) is 0 Å². The molecule has 0 aromatic rings. The second kappa shape index (κ2) is 4.49. The fraction of sp³-hybridized carbons (Fsp3) is 0.600. The van der Waals surface area contributed by atoms with Crippen LogP contribution in [0.15, 0.2) is 0 Å². The molecule has 0 bridgehead atoms. The second-order valence-corrected chi connectivity index (χ2v) is 4.45. The third kappa shape index (κ3) is 4.76. The number of carbonyl (C=O) groups is 1. The van der Waals surface area contributed by atoms with Crippen molar-refractivity contribution in [2.75, 3.05) is 6.54 Å². The summed E-state index contributed by atoms with van der Waals surface area (Å²) in [6.07, 6.45) is 0. The zero-order valence-electron chi connectivity index (χ0n) is 6.72. The predicted octanol–water partition coefficient (Wildman–Crippen LogP) is -0.736. The number of aliphatic carboxylic acids is 1. The molecular formula is C5H9NO5S2. The molecule has 8 heteroatoms. The summed E-state index contributed by atoms with van der Waals surface area (Å²) in [5.74, 6) is -1.16. The summed E-state index contributed by atoms with van der Waals surface area (Å²) in [5.41, 5.74) is 0. The lowest BCUT2D eigenvalue weighted by Gasteiger charge is -2.10. The first-order valence-electron chi connectivity index (χ1n) is 3.21. The van der Waals surface area contributed by atoms with E-state index < -0.39 is 27.9 Å². The largest absolute Gasteiger partial charge is 0.480 e. The van der Waals surface area contributed by atoms with Crippen LogP contribution in [-0.2, 0) is 14.9 Å². The van der Waals surface area contributed by atoms with Crippen molar-refractivity contribution in [3.8, 4) is 0 Å². The van der Waals surface area contributed by atoms with E-state index in [0.717, 1.165) is 6.92 Å². The summed E-state index contributed by atoms with van der Waals surface area (Å²) >= 11 is 4.53. The van der Waals surface area contributed by atoms with Crippen molar-refractivity contribution < 1.29 is 22.9 Å². The molecule has 0 amide bonds. The standard InChI is InChI=1S/C5H9NO5S2/c1-3(13(9,10)11)5(12)6-2-4(7)8/h3H,2H2,1H3,(H,6,12)(H,7,8)(H,9,10,11). The van der Waals surface area contributed by atoms with E-state index in [2.05, 4.69) is 17.5 Å². The molecule has 0 aliphatic carbocycles. The van der Waals surface area contributed by atoms with Crippen LogP contribution in [-0.4, -0.2) is 40.8 Å². The van der Waals surface area contributed by atoms with Crippen molar-refractivity contribution in [2.45, 2.75) is 12.2 Å². The Kier molecular flexibility index (Phi) is 4.24. The molecule has 0 heterocycles. The zero-order valence-corrected chi connectivity index (χ0v) is 8.35. The lowest BCUT2D eigenvalue weighted by atomic mass is 10.4. The molecule has 0 aromatic heterocycles. The van der Waals surface area contributed by atoms with Crippen LogP contribution in [0.5, 0.6) is 0 Å². The molecule has 0 rings (SSSR count). The van der Waals surface area contributed by atoms with Crippen molar-refractivity contribution in [3.05, 3.63) is 0 Å². The van der Waals surface area contributed by atoms with E-state index in [4.69, 9.17) is 9.66 Å². The molecule has 1 atom stereocenters. The molecule has 1 unspecified atom stereocenters. The number of carboxylic acid groups (broad SMARTS) is 1. The van der Waals surface area contributed by atoms with E-state index in [1.807, 2.05) is 0 Å². The van der Waals surface area contributed by atoms with Gasteiger partial charge in [0.15, 0.2) is 0 Å². The maximum absolute atomic E-state index is 10.5. The third-order valence-electron chi connectivity index (χ3n) is 1.23. The Bertz CT molecular complexity index is 309. The summed E-state index contributed by atoms with van der Waals surface area (Å²) in [6, 6.07) is 0. The molecule has 0 radical (unpaired) electrons. The molecule has 0 aliphatic heterocycles. The first-order valence-corrected chi connectivity index (χ1v) is 5.12. The first-order chi connectivity index (χ1) is 5.75. The summed E-state index contributed by atoms with van der Waals surface area (Å²) in [7, 11) is -4.25. The number of hydrogen-bond donors (Lipinski definition) is 3. The molecule has 0 aromatic carbocycles. The molecular weight excluding hydrogens is 218 g/mol. The van der Waals surface area contributed by atoms with Gasteiger partial charge in [-0.3, -0.25) is 9.35 Å². The smallest absolute Gasteiger partial charge is 0.322 e. The summed E-state index contributed by atoms with van der Waals surface area (Å²) in [5, 5.41) is 9.10. The molecule has 76 valence electrons. The van der Waals surface area contributed by atoms with Crippen LogP contribution in [0.1, 0.15) is 6.92 Å². The number of hydrogen-bond acceptors (Lipinski definition) is 4. The Labute approximate surface area is 80.7 Å². The van der Waals surface area contributed by atoms with Crippen LogP contribution < -0.4 is 5.32 Å². The lowest BCUT2D eigenvalue weighted by molar-refractivity contribution is -0.135. The minimum atomic E-state index is -4.25. The Balaban J connectivity index is 4.22. The van der Waals surface area contributed by atoms with Crippen molar-refractivity contribution >= 4 is 33.3 Å². The minimum absolute atomic E-state index is 0.218. The van der Waals surface area contributed by atoms with Crippen LogP contribution in [0.2, 0.25) is 0 Å². The number of rotatable bonds is 4. The van der Waals surface area contributed by atoms with E-state index in [1.54, 1.807) is 0 Å². The highest BCUT2D eigenvalue weighted by molar-refractivity contribution is 7.90. The van der Waals surface area contributed by atoms with Crippen LogP contribution in [0.4, 0.5) is 0 Å². The van der Waals surface area contributed by atoms with Gasteiger partial charge in [0.05, 0.1) is 4.99 Å². The van der Waals surface area contributed by atoms with Crippen molar-refractivity contribution in [1.82, 2.24) is 5.32 Å². The third-order valence-corrected chi connectivity index (χ3v) is 3.01. The predicted molar refractivity (Wildman–Crippen MR) is 49.2 cm³/mol. The highest BCUT2D eigenvalue weighted by Gasteiger charge is 2.22. The molecule has 3 N–H and O–H groups in total. The van der Waals surface area contributed by atoms with Gasteiger partial charge >= 0.3 is 5.97 Å². The van der Waals surface area contributed by atoms with Gasteiger partial charge in [-0.05, 0) is 6.92 Å². The molecule has 13 heavy (non-hydrogen) atoms. The first kappa shape index (κ1) is 12.3. The SMILES string of the molecule is CC(C(=S)NCC(=O)O)S(=O)(=O)O. The number of carboxylic acids is 1. The van der Waals surface area contributed by atoms with Gasteiger partial charge in [0.1, 0.15) is 11.8 Å². The highest BCUT2D eigenvalue weighted by Crippen LogP contribution is 1.98. The van der Waals surface area contributed by atoms with Gasteiger partial charge < -0.3 is 10.4 Å². The van der Waals surface area contributed by atoms with E-state index in [1.165, 1.54) is 0 Å². The Morgan fingerprint density at radius 3 is 2.38 bits per heavy atom. The van der Waals surface area contributed by atoms with Crippen LogP contribution in [0.3, 0.4) is 0 Å². The normalized spacial score (nSPS) is 13.4. The number of thiocarbonyl (C=S) groups is 1. The van der Waals surface area contributed by atoms with E-state index in [-0.39, 0.29) is 4.99 Å². The van der Waals surface area contributed by atoms with E-state index in [9.17, 15) is 13.2 Å². The molecule has 0 aliphatic rings. The summed E-state index contributed by atoms with van der Waals surface area (Å²) in [6.45, 7) is 0.686. The van der Waals surface area contributed by atoms with Crippen LogP contribution in [0.25, 0.3) is 0 Å². The maximum atomic E-state index is 10.5. The molecule has 0 fully saturated rings. The van der Waals surface area contributed by atoms with E-state index >= 15 is 0 Å². The minimum Gasteiger partial charge on any atom is -0.480 e. The molecule has 0 spiro atoms. The van der Waals surface area contributed by atoms with Gasteiger partial charge in [0, 0.05) is 0 Å².